The number of nitrogens with one attached hydrogen (secondary N) is 2. The van der Waals surface area contributed by atoms with Crippen LogP contribution in [0.15, 0.2) is 4.99 Å². The maximum atomic E-state index is 12.2. The minimum absolute atomic E-state index is 0.181. The van der Waals surface area contributed by atoms with Gasteiger partial charge in [-0.1, -0.05) is 0 Å². The van der Waals surface area contributed by atoms with Gasteiger partial charge < -0.3 is 15.7 Å². The molecule has 1 atom stereocenters. The van der Waals surface area contributed by atoms with Crippen molar-refractivity contribution in [1.29, 1.82) is 0 Å². The van der Waals surface area contributed by atoms with Gasteiger partial charge >= 0.3 is 6.18 Å². The Labute approximate surface area is 121 Å². The number of halogens is 3. The monoisotopic (exact) mass is 307 g/mol. The molecule has 0 saturated heterocycles. The van der Waals surface area contributed by atoms with E-state index >= 15 is 0 Å². The number of aliphatic imine (C=N–C) groups is 1. The average molecular weight is 307 g/mol. The van der Waals surface area contributed by atoms with Crippen LogP contribution in [0, 0.1) is 13.8 Å². The van der Waals surface area contributed by atoms with Crippen molar-refractivity contribution in [3.8, 4) is 0 Å². The Bertz CT molecular complexity index is 510. The normalized spacial score (nSPS) is 14.2. The Kier molecular flexibility index (Phi) is 5.59. The molecule has 1 heterocycles. The van der Waals surface area contributed by atoms with Gasteiger partial charge in [-0.3, -0.25) is 9.67 Å². The minimum atomic E-state index is -4.65. The molecule has 3 N–H and O–H groups in total. The van der Waals surface area contributed by atoms with Crippen LogP contribution in [0.5, 0.6) is 0 Å². The molecular weight excluding hydrogens is 287 g/mol. The highest BCUT2D eigenvalue weighted by Gasteiger charge is 2.38. The van der Waals surface area contributed by atoms with Crippen molar-refractivity contribution in [2.45, 2.75) is 32.7 Å². The second-order valence-electron chi connectivity index (χ2n) is 4.64. The number of guanidine groups is 1. The summed E-state index contributed by atoms with van der Waals surface area (Å²) in [6, 6.07) is 0. The van der Waals surface area contributed by atoms with E-state index < -0.39 is 18.8 Å². The number of nitrogens with zero attached hydrogens (tertiary/aromatic N) is 3. The second kappa shape index (κ2) is 6.79. The summed E-state index contributed by atoms with van der Waals surface area (Å²) in [5, 5.41) is 18.5. The van der Waals surface area contributed by atoms with Gasteiger partial charge in [-0.05, 0) is 13.8 Å². The Balaban J connectivity index is 2.56. The number of aryl methyl sites for hydroxylation is 2. The number of rotatable bonds is 4. The average Bonchev–Trinajstić information content (AvgIpc) is 2.63. The first kappa shape index (κ1) is 17.3. The van der Waals surface area contributed by atoms with Gasteiger partial charge in [0, 0.05) is 31.9 Å². The quantitative estimate of drug-likeness (QED) is 0.563. The first-order valence-electron chi connectivity index (χ1n) is 6.35. The van der Waals surface area contributed by atoms with Crippen LogP contribution >= 0.6 is 0 Å². The SMILES string of the molecule is CN=C(NCc1c(C)nn(C)c1C)NCC(O)C(F)(F)F. The molecule has 0 aliphatic rings. The van der Waals surface area contributed by atoms with Crippen LogP contribution in [-0.4, -0.2) is 46.7 Å². The fourth-order valence-corrected chi connectivity index (χ4v) is 1.78. The van der Waals surface area contributed by atoms with E-state index in [0.29, 0.717) is 6.54 Å². The van der Waals surface area contributed by atoms with E-state index in [9.17, 15) is 13.2 Å². The van der Waals surface area contributed by atoms with Gasteiger partial charge in [-0.2, -0.15) is 18.3 Å². The van der Waals surface area contributed by atoms with E-state index in [-0.39, 0.29) is 5.96 Å². The molecule has 0 amide bonds. The standard InChI is InChI=1S/C12H20F3N5O/c1-7-9(8(2)20(4)19-7)5-17-11(16-3)18-6-10(21)12(13,14)15/h10,21H,5-6H2,1-4H3,(H2,16,17,18). The molecule has 9 heteroatoms. The maximum Gasteiger partial charge on any atom is 0.416 e. The second-order valence-corrected chi connectivity index (χ2v) is 4.64. The van der Waals surface area contributed by atoms with Crippen LogP contribution in [0.2, 0.25) is 0 Å². The van der Waals surface area contributed by atoms with E-state index in [1.165, 1.54) is 7.05 Å². The summed E-state index contributed by atoms with van der Waals surface area (Å²) in [6.45, 7) is 3.48. The molecule has 1 aromatic heterocycles. The van der Waals surface area contributed by atoms with E-state index in [1.807, 2.05) is 20.9 Å². The molecule has 1 unspecified atom stereocenters. The highest BCUT2D eigenvalue weighted by atomic mass is 19.4. The summed E-state index contributed by atoms with van der Waals surface area (Å²) in [4.78, 5) is 3.81. The lowest BCUT2D eigenvalue weighted by Crippen LogP contribution is -2.45. The van der Waals surface area contributed by atoms with E-state index in [0.717, 1.165) is 17.0 Å². The van der Waals surface area contributed by atoms with Gasteiger partial charge in [-0.15, -0.1) is 0 Å². The number of aliphatic hydroxyl groups excluding tert-OH is 1. The van der Waals surface area contributed by atoms with E-state index in [2.05, 4.69) is 20.7 Å². The molecule has 6 nitrogen and oxygen atoms in total. The van der Waals surface area contributed by atoms with Crippen molar-refractivity contribution < 1.29 is 18.3 Å². The van der Waals surface area contributed by atoms with Crippen LogP contribution < -0.4 is 10.6 Å². The van der Waals surface area contributed by atoms with E-state index in [4.69, 9.17) is 5.11 Å². The van der Waals surface area contributed by atoms with Crippen LogP contribution in [-0.2, 0) is 13.6 Å². The fourth-order valence-electron chi connectivity index (χ4n) is 1.78. The Hall–Kier alpha value is -1.77. The first-order chi connectivity index (χ1) is 9.66. The van der Waals surface area contributed by atoms with Gasteiger partial charge in [0.25, 0.3) is 0 Å². The van der Waals surface area contributed by atoms with Gasteiger partial charge in [-0.25, -0.2) is 0 Å². The van der Waals surface area contributed by atoms with Crippen LogP contribution in [0.25, 0.3) is 0 Å². The number of aliphatic hydroxyl groups is 1. The molecule has 120 valence electrons. The summed E-state index contributed by atoms with van der Waals surface area (Å²) in [5.74, 6) is 0.181. The van der Waals surface area contributed by atoms with Crippen LogP contribution in [0.3, 0.4) is 0 Å². The molecule has 0 saturated carbocycles. The molecule has 1 rings (SSSR count). The third-order valence-corrected chi connectivity index (χ3v) is 3.16. The topological polar surface area (TPSA) is 74.5 Å². The Morgan fingerprint density at radius 1 is 1.38 bits per heavy atom. The lowest BCUT2D eigenvalue weighted by Gasteiger charge is -2.17. The van der Waals surface area contributed by atoms with E-state index in [1.54, 1.807) is 4.68 Å². The molecule has 0 spiro atoms. The zero-order valence-corrected chi connectivity index (χ0v) is 12.4. The lowest BCUT2D eigenvalue weighted by molar-refractivity contribution is -0.201. The Morgan fingerprint density at radius 3 is 2.43 bits per heavy atom. The highest BCUT2D eigenvalue weighted by Crippen LogP contribution is 2.19. The van der Waals surface area contributed by atoms with Crippen molar-refractivity contribution in [2.75, 3.05) is 13.6 Å². The minimum Gasteiger partial charge on any atom is -0.382 e. The fraction of sp³-hybridized carbons (Fsp3) is 0.667. The predicted molar refractivity (Wildman–Crippen MR) is 72.9 cm³/mol. The summed E-state index contributed by atoms with van der Waals surface area (Å²) >= 11 is 0. The van der Waals surface area contributed by atoms with Gasteiger partial charge in [0.1, 0.15) is 0 Å². The zero-order valence-electron chi connectivity index (χ0n) is 12.4. The van der Waals surface area contributed by atoms with Crippen molar-refractivity contribution in [2.24, 2.45) is 12.0 Å². The number of hydrogen-bond donors (Lipinski definition) is 3. The van der Waals surface area contributed by atoms with Crippen molar-refractivity contribution in [3.63, 3.8) is 0 Å². The molecular formula is C12H20F3N5O. The van der Waals surface area contributed by atoms with Crippen molar-refractivity contribution in [1.82, 2.24) is 20.4 Å². The number of hydrogen-bond acceptors (Lipinski definition) is 3. The highest BCUT2D eigenvalue weighted by molar-refractivity contribution is 5.79. The van der Waals surface area contributed by atoms with Crippen LogP contribution in [0.4, 0.5) is 13.2 Å². The summed E-state index contributed by atoms with van der Waals surface area (Å²) in [6.07, 6.45) is -7.08. The predicted octanol–water partition coefficient (Wildman–Crippen LogP) is 0.625. The number of alkyl halides is 3. The summed E-state index contributed by atoms with van der Waals surface area (Å²) in [5.41, 5.74) is 2.76. The zero-order chi connectivity index (χ0) is 16.2. The third kappa shape index (κ3) is 4.62. The summed E-state index contributed by atoms with van der Waals surface area (Å²) in [7, 11) is 3.26. The molecule has 0 aliphatic heterocycles. The third-order valence-electron chi connectivity index (χ3n) is 3.16. The molecule has 0 aromatic carbocycles. The molecule has 0 radical (unpaired) electrons. The lowest BCUT2D eigenvalue weighted by atomic mass is 10.2. The smallest absolute Gasteiger partial charge is 0.382 e. The molecule has 0 bridgehead atoms. The largest absolute Gasteiger partial charge is 0.416 e. The Morgan fingerprint density at radius 2 is 2.00 bits per heavy atom. The van der Waals surface area contributed by atoms with Gasteiger partial charge in [0.05, 0.1) is 12.2 Å². The first-order valence-corrected chi connectivity index (χ1v) is 6.35. The van der Waals surface area contributed by atoms with Gasteiger partial charge in [0.2, 0.25) is 0 Å². The number of aromatic nitrogens is 2. The summed E-state index contributed by atoms with van der Waals surface area (Å²) < 4.78 is 38.3. The molecule has 0 fully saturated rings. The molecule has 21 heavy (non-hydrogen) atoms. The van der Waals surface area contributed by atoms with Crippen molar-refractivity contribution in [3.05, 3.63) is 17.0 Å². The molecule has 0 aliphatic carbocycles. The molecule has 1 aromatic rings. The van der Waals surface area contributed by atoms with Crippen LogP contribution in [0.1, 0.15) is 17.0 Å². The maximum absolute atomic E-state index is 12.2. The van der Waals surface area contributed by atoms with Crippen molar-refractivity contribution >= 4 is 5.96 Å². The van der Waals surface area contributed by atoms with Gasteiger partial charge in [0.15, 0.2) is 12.1 Å².